The first-order valence-corrected chi connectivity index (χ1v) is 13.6. The Kier molecular flexibility index (Phi) is 9.32. The van der Waals surface area contributed by atoms with Crippen LogP contribution >= 0.6 is 12.4 Å². The zero-order chi connectivity index (χ0) is 22.5. The van der Waals surface area contributed by atoms with E-state index >= 15 is 0 Å². The molecular formula is C28H43ClN4O. The fourth-order valence-electron chi connectivity index (χ4n) is 6.60. The second-order valence-electron chi connectivity index (χ2n) is 10.7. The molecule has 6 heteroatoms. The summed E-state index contributed by atoms with van der Waals surface area (Å²) < 4.78 is 2.53. The van der Waals surface area contributed by atoms with E-state index < -0.39 is 0 Å². The van der Waals surface area contributed by atoms with Crippen molar-refractivity contribution >= 4 is 29.2 Å². The second-order valence-corrected chi connectivity index (χ2v) is 10.7. The van der Waals surface area contributed by atoms with Crippen LogP contribution in [-0.2, 0) is 11.3 Å². The van der Waals surface area contributed by atoms with Gasteiger partial charge in [-0.2, -0.15) is 0 Å². The molecule has 3 aliphatic rings. The number of carbonyl (C=O) groups is 1. The van der Waals surface area contributed by atoms with E-state index in [1.54, 1.807) is 0 Å². The number of carbonyl (C=O) groups excluding carboxylic acids is 1. The van der Waals surface area contributed by atoms with Crippen LogP contribution in [-0.4, -0.2) is 42.7 Å². The molecule has 5 rings (SSSR count). The number of nitrogens with one attached hydrogen (secondary N) is 3. The van der Waals surface area contributed by atoms with Crippen LogP contribution in [0.25, 0.3) is 10.9 Å². The standard InChI is InChI=1S/C28H42N4O.ClH/c33-28(31-23-12-16-30-17-13-23)18-25(22-10-14-29-15-11-22)26-20-32(19-21-6-2-1-3-7-21)27-9-5-4-8-24(26)27;/h4-5,8-9,20-23,25,29-30H,1-3,6-7,10-19H2,(H,31,33);1H. The van der Waals surface area contributed by atoms with Crippen LogP contribution in [0.5, 0.6) is 0 Å². The molecule has 0 radical (unpaired) electrons. The van der Waals surface area contributed by atoms with Gasteiger partial charge < -0.3 is 20.5 Å². The van der Waals surface area contributed by atoms with Crippen LogP contribution in [0, 0.1) is 11.8 Å². The molecule has 2 aromatic rings. The number of rotatable bonds is 7. The number of fused-ring (bicyclic) bond motifs is 1. The van der Waals surface area contributed by atoms with Gasteiger partial charge >= 0.3 is 0 Å². The quantitative estimate of drug-likeness (QED) is 0.517. The largest absolute Gasteiger partial charge is 0.353 e. The van der Waals surface area contributed by atoms with E-state index in [4.69, 9.17) is 0 Å². The fraction of sp³-hybridized carbons (Fsp3) is 0.679. The number of para-hydroxylation sites is 1. The maximum Gasteiger partial charge on any atom is 0.220 e. The van der Waals surface area contributed by atoms with Crippen LogP contribution in [0.2, 0.25) is 0 Å². The number of halogens is 1. The molecule has 1 aliphatic carbocycles. The molecule has 5 nitrogen and oxygen atoms in total. The van der Waals surface area contributed by atoms with E-state index in [0.29, 0.717) is 24.3 Å². The van der Waals surface area contributed by atoms with Crippen molar-refractivity contribution in [2.45, 2.75) is 82.7 Å². The van der Waals surface area contributed by atoms with Gasteiger partial charge in [0.25, 0.3) is 0 Å². The molecule has 3 fully saturated rings. The Labute approximate surface area is 211 Å². The van der Waals surface area contributed by atoms with Crippen molar-refractivity contribution in [3.8, 4) is 0 Å². The third-order valence-electron chi connectivity index (χ3n) is 8.46. The Hall–Kier alpha value is -1.56. The van der Waals surface area contributed by atoms with Crippen molar-refractivity contribution < 1.29 is 4.79 Å². The molecule has 1 aromatic heterocycles. The Balaban J connectivity index is 0.00000274. The van der Waals surface area contributed by atoms with Crippen molar-refractivity contribution in [3.63, 3.8) is 0 Å². The summed E-state index contributed by atoms with van der Waals surface area (Å²) in [4.78, 5) is 13.2. The highest BCUT2D eigenvalue weighted by Gasteiger charge is 2.30. The number of hydrogen-bond acceptors (Lipinski definition) is 3. The lowest BCUT2D eigenvalue weighted by molar-refractivity contribution is -0.122. The normalized spacial score (nSPS) is 21.8. The first kappa shape index (κ1) is 25.5. The predicted octanol–water partition coefficient (Wildman–Crippen LogP) is 4.98. The second kappa shape index (κ2) is 12.4. The van der Waals surface area contributed by atoms with Crippen molar-refractivity contribution in [3.05, 3.63) is 36.0 Å². The molecule has 188 valence electrons. The van der Waals surface area contributed by atoms with E-state index in [1.165, 1.54) is 48.6 Å². The smallest absolute Gasteiger partial charge is 0.220 e. The lowest BCUT2D eigenvalue weighted by atomic mass is 9.78. The minimum atomic E-state index is 0. The number of amides is 1. The number of aromatic nitrogens is 1. The highest BCUT2D eigenvalue weighted by atomic mass is 35.5. The first-order chi connectivity index (χ1) is 16.3. The molecule has 0 spiro atoms. The lowest BCUT2D eigenvalue weighted by Crippen LogP contribution is -2.43. The van der Waals surface area contributed by atoms with E-state index in [0.717, 1.165) is 64.3 Å². The summed E-state index contributed by atoms with van der Waals surface area (Å²) >= 11 is 0. The van der Waals surface area contributed by atoms with Gasteiger partial charge in [-0.05, 0) is 94.1 Å². The molecule has 2 aliphatic heterocycles. The summed E-state index contributed by atoms with van der Waals surface area (Å²) in [6, 6.07) is 9.26. The summed E-state index contributed by atoms with van der Waals surface area (Å²) in [6.45, 7) is 5.28. The van der Waals surface area contributed by atoms with Crippen LogP contribution in [0.3, 0.4) is 0 Å². The minimum absolute atomic E-state index is 0. The molecule has 2 saturated heterocycles. The summed E-state index contributed by atoms with van der Waals surface area (Å²) in [6.07, 6.45) is 14.3. The molecule has 1 amide bonds. The average Bonchev–Trinajstić information content (AvgIpc) is 3.22. The highest BCUT2D eigenvalue weighted by molar-refractivity contribution is 5.86. The molecule has 3 N–H and O–H groups in total. The van der Waals surface area contributed by atoms with Crippen molar-refractivity contribution in [2.75, 3.05) is 26.2 Å². The summed E-state index contributed by atoms with van der Waals surface area (Å²) in [5.74, 6) is 1.91. The third kappa shape index (κ3) is 6.16. The van der Waals surface area contributed by atoms with Crippen molar-refractivity contribution in [1.82, 2.24) is 20.5 Å². The summed E-state index contributed by atoms with van der Waals surface area (Å²) in [7, 11) is 0. The topological polar surface area (TPSA) is 58.1 Å². The number of benzene rings is 1. The van der Waals surface area contributed by atoms with E-state index in [2.05, 4.69) is 51.0 Å². The zero-order valence-electron chi connectivity index (χ0n) is 20.6. The van der Waals surface area contributed by atoms with Crippen LogP contribution in [0.15, 0.2) is 30.5 Å². The van der Waals surface area contributed by atoms with Gasteiger partial charge in [-0.1, -0.05) is 37.5 Å². The monoisotopic (exact) mass is 486 g/mol. The Morgan fingerprint density at radius 1 is 0.941 bits per heavy atom. The zero-order valence-corrected chi connectivity index (χ0v) is 21.4. The molecule has 34 heavy (non-hydrogen) atoms. The number of hydrogen-bond donors (Lipinski definition) is 3. The third-order valence-corrected chi connectivity index (χ3v) is 8.46. The summed E-state index contributed by atoms with van der Waals surface area (Å²) in [5.41, 5.74) is 2.77. The Morgan fingerprint density at radius 3 is 2.35 bits per heavy atom. The Bertz CT molecular complexity index is 910. The van der Waals surface area contributed by atoms with E-state index in [9.17, 15) is 4.79 Å². The van der Waals surface area contributed by atoms with Gasteiger partial charge in [0.2, 0.25) is 5.91 Å². The molecule has 1 saturated carbocycles. The molecule has 0 bridgehead atoms. The average molecular weight is 487 g/mol. The lowest BCUT2D eigenvalue weighted by Gasteiger charge is -2.31. The molecule has 1 aromatic carbocycles. The van der Waals surface area contributed by atoms with Crippen molar-refractivity contribution in [1.29, 1.82) is 0 Å². The maximum atomic E-state index is 13.2. The highest BCUT2D eigenvalue weighted by Crippen LogP contribution is 2.39. The van der Waals surface area contributed by atoms with Gasteiger partial charge in [-0.15, -0.1) is 12.4 Å². The van der Waals surface area contributed by atoms with E-state index in [-0.39, 0.29) is 18.3 Å². The van der Waals surface area contributed by atoms with Crippen LogP contribution in [0.1, 0.15) is 75.7 Å². The predicted molar refractivity (Wildman–Crippen MR) is 143 cm³/mol. The molecule has 3 heterocycles. The fourth-order valence-corrected chi connectivity index (χ4v) is 6.60. The molecule has 1 unspecified atom stereocenters. The van der Waals surface area contributed by atoms with E-state index in [1.807, 2.05) is 0 Å². The first-order valence-electron chi connectivity index (χ1n) is 13.6. The van der Waals surface area contributed by atoms with Crippen LogP contribution < -0.4 is 16.0 Å². The Morgan fingerprint density at radius 2 is 1.62 bits per heavy atom. The van der Waals surface area contributed by atoms with Crippen molar-refractivity contribution in [2.24, 2.45) is 11.8 Å². The molecule has 1 atom stereocenters. The van der Waals surface area contributed by atoms with Gasteiger partial charge in [0.1, 0.15) is 0 Å². The van der Waals surface area contributed by atoms with Gasteiger partial charge in [0.15, 0.2) is 0 Å². The number of piperidine rings is 2. The molecular weight excluding hydrogens is 444 g/mol. The van der Waals surface area contributed by atoms with Gasteiger partial charge in [0.05, 0.1) is 0 Å². The maximum absolute atomic E-state index is 13.2. The van der Waals surface area contributed by atoms with Gasteiger partial charge in [-0.25, -0.2) is 0 Å². The van der Waals surface area contributed by atoms with Crippen LogP contribution in [0.4, 0.5) is 0 Å². The summed E-state index contributed by atoms with van der Waals surface area (Å²) in [5, 5.41) is 11.7. The number of nitrogens with zero attached hydrogens (tertiary/aromatic N) is 1. The SMILES string of the molecule is Cl.O=C(CC(c1cn(CC2CCCCC2)c2ccccc12)C1CCNCC1)NC1CCNCC1. The van der Waals surface area contributed by atoms with Gasteiger partial charge in [-0.3, -0.25) is 4.79 Å². The van der Waals surface area contributed by atoms with Gasteiger partial charge in [0, 0.05) is 36.1 Å². The minimum Gasteiger partial charge on any atom is -0.353 e.